The molecule has 0 bridgehead atoms. The van der Waals surface area contributed by atoms with Crippen LogP contribution in [-0.2, 0) is 14.8 Å². The van der Waals surface area contributed by atoms with Crippen molar-refractivity contribution in [1.82, 2.24) is 9.71 Å². The minimum atomic E-state index is -3.96. The van der Waals surface area contributed by atoms with E-state index in [9.17, 15) is 13.2 Å². The van der Waals surface area contributed by atoms with Crippen molar-refractivity contribution in [3.05, 3.63) is 64.8 Å². The number of carbonyl (C=O) groups excluding carboxylic acids is 1. The molecule has 8 heteroatoms. The van der Waals surface area contributed by atoms with Crippen molar-refractivity contribution in [3.8, 4) is 0 Å². The van der Waals surface area contributed by atoms with Gasteiger partial charge in [-0.2, -0.15) is 4.72 Å². The SMILES string of the molecule is Cc1cc(NC(=O)C(NS(=O)(=O)c2cccc3cccnc23)C(C)C)ccc1Br. The van der Waals surface area contributed by atoms with Gasteiger partial charge in [0.15, 0.2) is 0 Å². The number of nitrogens with one attached hydrogen (secondary N) is 2. The number of nitrogens with zero attached hydrogens (tertiary/aromatic N) is 1. The number of anilines is 1. The Morgan fingerprint density at radius 3 is 2.52 bits per heavy atom. The van der Waals surface area contributed by atoms with Gasteiger partial charge >= 0.3 is 0 Å². The lowest BCUT2D eigenvalue weighted by Gasteiger charge is -2.22. The van der Waals surface area contributed by atoms with Gasteiger partial charge in [-0.1, -0.05) is 48.0 Å². The van der Waals surface area contributed by atoms with Crippen molar-refractivity contribution < 1.29 is 13.2 Å². The van der Waals surface area contributed by atoms with Crippen LogP contribution in [0.15, 0.2) is 64.1 Å². The second kappa shape index (κ2) is 8.61. The normalized spacial score (nSPS) is 12.9. The fourth-order valence-corrected chi connectivity index (χ4v) is 4.73. The standard InChI is InChI=1S/C21H22BrN3O3S/c1-13(2)19(21(26)24-16-9-10-17(22)14(3)12-16)25-29(27,28)18-8-4-6-15-7-5-11-23-20(15)18/h4-13,19,25H,1-3H3,(H,24,26). The van der Waals surface area contributed by atoms with Gasteiger partial charge in [0.25, 0.3) is 0 Å². The topological polar surface area (TPSA) is 88.2 Å². The van der Waals surface area contributed by atoms with Crippen LogP contribution in [0.4, 0.5) is 5.69 Å². The predicted octanol–water partition coefficient (Wildman–Crippen LogP) is 4.25. The molecule has 1 atom stereocenters. The molecular weight excluding hydrogens is 454 g/mol. The van der Waals surface area contributed by atoms with Crippen LogP contribution in [0.2, 0.25) is 0 Å². The average molecular weight is 476 g/mol. The number of hydrogen-bond acceptors (Lipinski definition) is 4. The number of sulfonamides is 1. The lowest BCUT2D eigenvalue weighted by Crippen LogP contribution is -2.47. The van der Waals surface area contributed by atoms with Gasteiger partial charge in [-0.25, -0.2) is 8.42 Å². The number of amides is 1. The molecule has 0 aliphatic rings. The number of rotatable bonds is 6. The predicted molar refractivity (Wildman–Crippen MR) is 118 cm³/mol. The Kier molecular flexibility index (Phi) is 6.36. The molecule has 0 saturated heterocycles. The quantitative estimate of drug-likeness (QED) is 0.557. The number of aryl methyl sites for hydroxylation is 1. The maximum atomic E-state index is 13.1. The highest BCUT2D eigenvalue weighted by Crippen LogP contribution is 2.23. The van der Waals surface area contributed by atoms with Crippen molar-refractivity contribution in [3.63, 3.8) is 0 Å². The molecule has 0 aliphatic heterocycles. The van der Waals surface area contributed by atoms with Crippen molar-refractivity contribution >= 4 is 48.5 Å². The molecule has 0 aliphatic carbocycles. The van der Waals surface area contributed by atoms with E-state index in [4.69, 9.17) is 0 Å². The van der Waals surface area contributed by atoms with Crippen molar-refractivity contribution in [1.29, 1.82) is 0 Å². The molecule has 0 radical (unpaired) electrons. The molecule has 3 aromatic rings. The number of para-hydroxylation sites is 1. The summed E-state index contributed by atoms with van der Waals surface area (Å²) in [5.41, 5.74) is 1.94. The molecule has 2 aromatic carbocycles. The first kappa shape index (κ1) is 21.4. The van der Waals surface area contributed by atoms with Crippen LogP contribution in [0.1, 0.15) is 19.4 Å². The molecule has 1 amide bonds. The van der Waals surface area contributed by atoms with Crippen LogP contribution in [0, 0.1) is 12.8 Å². The fourth-order valence-electron chi connectivity index (χ4n) is 2.96. The molecule has 0 saturated carbocycles. The molecular formula is C21H22BrN3O3S. The summed E-state index contributed by atoms with van der Waals surface area (Å²) >= 11 is 3.42. The van der Waals surface area contributed by atoms with Gasteiger partial charge in [-0.3, -0.25) is 9.78 Å². The Balaban J connectivity index is 1.89. The number of carbonyl (C=O) groups is 1. The molecule has 152 valence electrons. The number of benzene rings is 2. The monoisotopic (exact) mass is 475 g/mol. The van der Waals surface area contributed by atoms with E-state index in [1.165, 1.54) is 6.07 Å². The second-order valence-corrected chi connectivity index (χ2v) is 9.66. The summed E-state index contributed by atoms with van der Waals surface area (Å²) in [6.45, 7) is 5.50. The van der Waals surface area contributed by atoms with E-state index in [1.807, 2.05) is 19.1 Å². The number of halogens is 1. The van der Waals surface area contributed by atoms with Crippen LogP contribution >= 0.6 is 15.9 Å². The Morgan fingerprint density at radius 2 is 1.83 bits per heavy atom. The van der Waals surface area contributed by atoms with Gasteiger partial charge in [0, 0.05) is 21.7 Å². The van der Waals surface area contributed by atoms with E-state index in [-0.39, 0.29) is 10.8 Å². The molecule has 2 N–H and O–H groups in total. The van der Waals surface area contributed by atoms with Gasteiger partial charge in [0.05, 0.1) is 5.52 Å². The van der Waals surface area contributed by atoms with Crippen LogP contribution in [0.3, 0.4) is 0 Å². The molecule has 3 rings (SSSR count). The van der Waals surface area contributed by atoms with E-state index in [2.05, 4.69) is 31.0 Å². The van der Waals surface area contributed by atoms with Crippen molar-refractivity contribution in [2.24, 2.45) is 5.92 Å². The highest BCUT2D eigenvalue weighted by molar-refractivity contribution is 9.10. The zero-order valence-corrected chi connectivity index (χ0v) is 18.7. The highest BCUT2D eigenvalue weighted by atomic mass is 79.9. The van der Waals surface area contributed by atoms with Crippen molar-refractivity contribution in [2.75, 3.05) is 5.32 Å². The third-order valence-electron chi connectivity index (χ3n) is 4.54. The van der Waals surface area contributed by atoms with E-state index in [0.717, 1.165) is 10.0 Å². The summed E-state index contributed by atoms with van der Waals surface area (Å²) in [4.78, 5) is 17.1. The van der Waals surface area contributed by atoms with E-state index in [0.29, 0.717) is 16.6 Å². The smallest absolute Gasteiger partial charge is 0.243 e. The van der Waals surface area contributed by atoms with Gasteiger partial charge in [0.1, 0.15) is 10.9 Å². The van der Waals surface area contributed by atoms with Crippen molar-refractivity contribution in [2.45, 2.75) is 31.7 Å². The maximum Gasteiger partial charge on any atom is 0.243 e. The summed E-state index contributed by atoms with van der Waals surface area (Å²) in [7, 11) is -3.96. The second-order valence-electron chi connectivity index (χ2n) is 7.13. The number of fused-ring (bicyclic) bond motifs is 1. The zero-order valence-electron chi connectivity index (χ0n) is 16.3. The molecule has 1 heterocycles. The molecule has 0 fully saturated rings. The largest absolute Gasteiger partial charge is 0.325 e. The van der Waals surface area contributed by atoms with Crippen LogP contribution in [-0.4, -0.2) is 25.4 Å². The van der Waals surface area contributed by atoms with Gasteiger partial charge < -0.3 is 5.32 Å². The third-order valence-corrected chi connectivity index (χ3v) is 6.90. The average Bonchev–Trinajstić information content (AvgIpc) is 2.68. The van der Waals surface area contributed by atoms with Gasteiger partial charge in [-0.05, 0) is 48.7 Å². The first-order chi connectivity index (χ1) is 13.7. The summed E-state index contributed by atoms with van der Waals surface area (Å²) in [6.07, 6.45) is 1.55. The fraction of sp³-hybridized carbons (Fsp3) is 0.238. The van der Waals surface area contributed by atoms with Gasteiger partial charge in [-0.15, -0.1) is 0 Å². The number of hydrogen-bond donors (Lipinski definition) is 2. The lowest BCUT2D eigenvalue weighted by atomic mass is 10.0. The Bertz CT molecular complexity index is 1160. The molecule has 6 nitrogen and oxygen atoms in total. The van der Waals surface area contributed by atoms with E-state index in [1.54, 1.807) is 50.4 Å². The Hall–Kier alpha value is -2.29. The van der Waals surface area contributed by atoms with E-state index >= 15 is 0 Å². The first-order valence-electron chi connectivity index (χ1n) is 9.12. The summed E-state index contributed by atoms with van der Waals surface area (Å²) in [5, 5.41) is 3.51. The van der Waals surface area contributed by atoms with Gasteiger partial charge in [0.2, 0.25) is 15.9 Å². The third kappa shape index (κ3) is 4.83. The summed E-state index contributed by atoms with van der Waals surface area (Å²) in [5.74, 6) is -0.678. The summed E-state index contributed by atoms with van der Waals surface area (Å²) < 4.78 is 29.6. The highest BCUT2D eigenvalue weighted by Gasteiger charge is 2.29. The van der Waals surface area contributed by atoms with Crippen LogP contribution in [0.25, 0.3) is 10.9 Å². The summed E-state index contributed by atoms with van der Waals surface area (Å²) in [6, 6.07) is 13.0. The van der Waals surface area contributed by atoms with E-state index < -0.39 is 22.0 Å². The minimum Gasteiger partial charge on any atom is -0.325 e. The minimum absolute atomic E-state index is 0.0496. The molecule has 29 heavy (non-hydrogen) atoms. The van der Waals surface area contributed by atoms with Crippen LogP contribution < -0.4 is 10.0 Å². The first-order valence-corrected chi connectivity index (χ1v) is 11.4. The molecule has 1 unspecified atom stereocenters. The maximum absolute atomic E-state index is 13.1. The number of pyridine rings is 1. The van der Waals surface area contributed by atoms with Crippen LogP contribution in [0.5, 0.6) is 0 Å². The Labute approximate surface area is 178 Å². The number of aromatic nitrogens is 1. The lowest BCUT2D eigenvalue weighted by molar-refractivity contribution is -0.118. The zero-order chi connectivity index (χ0) is 21.2. The Morgan fingerprint density at radius 1 is 1.10 bits per heavy atom. The molecule has 1 aromatic heterocycles. The molecule has 0 spiro atoms.